The molecule has 3 aromatic rings. The van der Waals surface area contributed by atoms with Crippen molar-refractivity contribution in [3.63, 3.8) is 0 Å². The first kappa shape index (κ1) is 26.7. The minimum absolute atomic E-state index is 0.256. The zero-order valence-corrected chi connectivity index (χ0v) is 21.1. The third-order valence-corrected chi connectivity index (χ3v) is 6.56. The Morgan fingerprint density at radius 1 is 0.946 bits per heavy atom. The molecule has 194 valence electrons. The van der Waals surface area contributed by atoms with Crippen LogP contribution in [0.15, 0.2) is 66.7 Å². The van der Waals surface area contributed by atoms with Crippen molar-refractivity contribution in [2.75, 3.05) is 39.8 Å². The van der Waals surface area contributed by atoms with E-state index in [0.29, 0.717) is 49.9 Å². The minimum Gasteiger partial charge on any atom is -0.465 e. The summed E-state index contributed by atoms with van der Waals surface area (Å²) >= 11 is 6.07. The molecule has 1 saturated heterocycles. The van der Waals surface area contributed by atoms with Gasteiger partial charge in [0, 0.05) is 37.7 Å². The van der Waals surface area contributed by atoms with Gasteiger partial charge in [-0.2, -0.15) is 0 Å². The maximum Gasteiger partial charge on any atom is 0.337 e. The van der Waals surface area contributed by atoms with Crippen LogP contribution in [0.4, 0.5) is 8.78 Å². The predicted octanol–water partition coefficient (Wildman–Crippen LogP) is 5.12. The molecule has 0 bridgehead atoms. The second-order valence-electron chi connectivity index (χ2n) is 8.76. The lowest BCUT2D eigenvalue weighted by atomic mass is 10.1. The predicted molar refractivity (Wildman–Crippen MR) is 135 cm³/mol. The van der Waals surface area contributed by atoms with E-state index in [0.717, 1.165) is 29.3 Å². The largest absolute Gasteiger partial charge is 0.465 e. The summed E-state index contributed by atoms with van der Waals surface area (Å²) in [6, 6.07) is 17.4. The van der Waals surface area contributed by atoms with Crippen molar-refractivity contribution < 1.29 is 27.8 Å². The first-order valence-electron chi connectivity index (χ1n) is 11.8. The molecule has 1 unspecified atom stereocenters. The van der Waals surface area contributed by atoms with Crippen molar-refractivity contribution in [1.29, 1.82) is 0 Å². The van der Waals surface area contributed by atoms with E-state index in [1.54, 1.807) is 12.1 Å². The summed E-state index contributed by atoms with van der Waals surface area (Å²) in [5.74, 6) is -2.29. The number of esters is 1. The van der Waals surface area contributed by atoms with Gasteiger partial charge in [0.15, 0.2) is 0 Å². The lowest BCUT2D eigenvalue weighted by molar-refractivity contribution is 0.00336. The van der Waals surface area contributed by atoms with Crippen molar-refractivity contribution in [2.45, 2.75) is 12.7 Å². The van der Waals surface area contributed by atoms with Gasteiger partial charge in [-0.3, -0.25) is 9.69 Å². The normalized spacial score (nSPS) is 14.9. The first-order valence-corrected chi connectivity index (χ1v) is 12.2. The molecule has 9 heteroatoms. The van der Waals surface area contributed by atoms with Crippen molar-refractivity contribution in [3.05, 3.63) is 106 Å². The first-order chi connectivity index (χ1) is 17.8. The molecule has 0 N–H and O–H groups in total. The van der Waals surface area contributed by atoms with E-state index < -0.39 is 23.5 Å². The average Bonchev–Trinajstić information content (AvgIpc) is 2.92. The lowest BCUT2D eigenvalue weighted by Gasteiger charge is -2.36. The molecule has 0 radical (unpaired) electrons. The topological polar surface area (TPSA) is 59.1 Å². The number of nitrogens with zero attached hydrogens (tertiary/aromatic N) is 2. The summed E-state index contributed by atoms with van der Waals surface area (Å²) in [5.41, 5.74) is 2.06. The van der Waals surface area contributed by atoms with Gasteiger partial charge in [-0.15, -0.1) is 0 Å². The van der Waals surface area contributed by atoms with E-state index in [1.807, 2.05) is 36.4 Å². The van der Waals surface area contributed by atoms with Crippen LogP contribution < -0.4 is 0 Å². The van der Waals surface area contributed by atoms with E-state index in [4.69, 9.17) is 21.1 Å². The van der Waals surface area contributed by atoms with Crippen molar-refractivity contribution in [2.24, 2.45) is 0 Å². The Bertz CT molecular complexity index is 1230. The van der Waals surface area contributed by atoms with E-state index in [1.165, 1.54) is 12.0 Å². The molecule has 4 rings (SSSR count). The van der Waals surface area contributed by atoms with Crippen LogP contribution in [-0.2, 0) is 16.1 Å². The van der Waals surface area contributed by atoms with Gasteiger partial charge < -0.3 is 14.4 Å². The van der Waals surface area contributed by atoms with E-state index in [-0.39, 0.29) is 11.7 Å². The molecule has 0 saturated carbocycles. The lowest BCUT2D eigenvalue weighted by Crippen LogP contribution is -2.49. The fourth-order valence-corrected chi connectivity index (χ4v) is 4.31. The number of methoxy groups -OCH3 is 1. The van der Waals surface area contributed by atoms with Crippen LogP contribution in [-0.4, -0.2) is 61.5 Å². The maximum atomic E-state index is 14.1. The number of amides is 1. The molecule has 0 aromatic heterocycles. The van der Waals surface area contributed by atoms with Gasteiger partial charge in [-0.1, -0.05) is 35.9 Å². The van der Waals surface area contributed by atoms with Crippen LogP contribution in [0.3, 0.4) is 0 Å². The Kier molecular flexibility index (Phi) is 8.87. The van der Waals surface area contributed by atoms with Crippen molar-refractivity contribution >= 4 is 23.5 Å². The van der Waals surface area contributed by atoms with Gasteiger partial charge >= 0.3 is 5.97 Å². The van der Waals surface area contributed by atoms with Gasteiger partial charge in [0.05, 0.1) is 30.9 Å². The molecule has 0 aliphatic carbocycles. The Labute approximate surface area is 219 Å². The minimum atomic E-state index is -0.732. The number of halogens is 3. The Morgan fingerprint density at radius 2 is 1.62 bits per heavy atom. The second-order valence-corrected chi connectivity index (χ2v) is 9.19. The van der Waals surface area contributed by atoms with Crippen molar-refractivity contribution in [3.8, 4) is 0 Å². The smallest absolute Gasteiger partial charge is 0.337 e. The van der Waals surface area contributed by atoms with Gasteiger partial charge in [-0.05, 0) is 53.6 Å². The fourth-order valence-electron chi connectivity index (χ4n) is 4.18. The van der Waals surface area contributed by atoms with Crippen LogP contribution in [0.25, 0.3) is 0 Å². The molecule has 6 nitrogen and oxygen atoms in total. The molecule has 1 fully saturated rings. The summed E-state index contributed by atoms with van der Waals surface area (Å²) < 4.78 is 38.6. The molecule has 1 heterocycles. The summed E-state index contributed by atoms with van der Waals surface area (Å²) in [4.78, 5) is 28.1. The van der Waals surface area contributed by atoms with Gasteiger partial charge in [0.25, 0.3) is 5.91 Å². The maximum absolute atomic E-state index is 14.1. The molecule has 3 aromatic carbocycles. The molecule has 37 heavy (non-hydrogen) atoms. The number of rotatable bonds is 8. The molecule has 1 amide bonds. The van der Waals surface area contributed by atoms with Crippen molar-refractivity contribution in [1.82, 2.24) is 9.80 Å². The van der Waals surface area contributed by atoms with E-state index >= 15 is 0 Å². The summed E-state index contributed by atoms with van der Waals surface area (Å²) in [6.45, 7) is 2.78. The van der Waals surface area contributed by atoms with E-state index in [9.17, 15) is 18.4 Å². The van der Waals surface area contributed by atoms with Gasteiger partial charge in [-0.25, -0.2) is 13.6 Å². The highest BCUT2D eigenvalue weighted by molar-refractivity contribution is 6.30. The number of ether oxygens (including phenoxy) is 2. The third-order valence-electron chi connectivity index (χ3n) is 6.31. The van der Waals surface area contributed by atoms with Gasteiger partial charge in [0.2, 0.25) is 0 Å². The van der Waals surface area contributed by atoms with Crippen LogP contribution in [0.1, 0.15) is 37.9 Å². The quantitative estimate of drug-likeness (QED) is 0.380. The summed E-state index contributed by atoms with van der Waals surface area (Å²) in [6.07, 6.45) is -0.277. The number of benzene rings is 3. The Hall–Kier alpha value is -3.33. The van der Waals surface area contributed by atoms with Crippen LogP contribution in [0.5, 0.6) is 0 Å². The summed E-state index contributed by atoms with van der Waals surface area (Å²) in [5, 5.41) is 0.623. The number of carbonyl (C=O) groups excluding carboxylic acids is 2. The van der Waals surface area contributed by atoms with Crippen LogP contribution >= 0.6 is 11.6 Å². The molecular weight excluding hydrogens is 502 g/mol. The molecule has 0 spiro atoms. The number of hydrogen-bond donors (Lipinski definition) is 0. The van der Waals surface area contributed by atoms with Crippen LogP contribution in [0, 0.1) is 11.6 Å². The van der Waals surface area contributed by atoms with E-state index in [2.05, 4.69) is 4.90 Å². The fraction of sp³-hybridized carbons (Fsp3) is 0.286. The monoisotopic (exact) mass is 528 g/mol. The zero-order valence-electron chi connectivity index (χ0n) is 20.3. The number of hydrogen-bond acceptors (Lipinski definition) is 5. The molecular formula is C28H27ClF2N2O4. The SMILES string of the molecule is COC(=O)c1ccc(COC(CN2CCN(C(=O)c3cc(F)ccc3F)CC2)c2ccc(Cl)cc2)cc1. The molecule has 1 aliphatic rings. The summed E-state index contributed by atoms with van der Waals surface area (Å²) in [7, 11) is 1.34. The van der Waals surface area contributed by atoms with Gasteiger partial charge in [0.1, 0.15) is 11.6 Å². The number of piperazine rings is 1. The Morgan fingerprint density at radius 3 is 2.27 bits per heavy atom. The second kappa shape index (κ2) is 12.3. The number of carbonyl (C=O) groups is 2. The van der Waals surface area contributed by atoms with Crippen LogP contribution in [0.2, 0.25) is 5.02 Å². The Balaban J connectivity index is 1.39. The molecule has 1 aliphatic heterocycles. The average molecular weight is 529 g/mol. The highest BCUT2D eigenvalue weighted by atomic mass is 35.5. The molecule has 1 atom stereocenters. The highest BCUT2D eigenvalue weighted by Crippen LogP contribution is 2.24. The zero-order chi connectivity index (χ0) is 26.4. The third kappa shape index (κ3) is 6.91. The highest BCUT2D eigenvalue weighted by Gasteiger charge is 2.26. The standard InChI is InChI=1S/C28H27ClF2N2O4/c1-36-28(35)21-4-2-19(3-5-21)18-37-26(20-6-8-22(29)9-7-20)17-32-12-14-33(15-13-32)27(34)24-16-23(30)10-11-25(24)31/h2-11,16,26H,12-15,17-18H2,1H3.